The molecule has 2 fully saturated rings. The highest BCUT2D eigenvalue weighted by molar-refractivity contribution is 6.30. The zero-order chi connectivity index (χ0) is 26.4. The van der Waals surface area contributed by atoms with Gasteiger partial charge in [0, 0.05) is 37.7 Å². The lowest BCUT2D eigenvalue weighted by molar-refractivity contribution is -0.125. The van der Waals surface area contributed by atoms with Gasteiger partial charge < -0.3 is 9.64 Å². The van der Waals surface area contributed by atoms with E-state index in [1.807, 2.05) is 12.1 Å². The van der Waals surface area contributed by atoms with Crippen molar-refractivity contribution in [2.45, 2.75) is 64.5 Å². The van der Waals surface area contributed by atoms with Gasteiger partial charge in [-0.2, -0.15) is 0 Å². The first-order chi connectivity index (χ1) is 17.9. The van der Waals surface area contributed by atoms with Crippen molar-refractivity contribution in [2.24, 2.45) is 5.92 Å². The first-order valence-corrected chi connectivity index (χ1v) is 13.9. The fraction of sp³-hybridized carbons (Fsp3) is 0.533. The van der Waals surface area contributed by atoms with Gasteiger partial charge in [-0.15, -0.1) is 0 Å². The molecule has 6 nitrogen and oxygen atoms in total. The van der Waals surface area contributed by atoms with Crippen LogP contribution in [-0.4, -0.2) is 60.4 Å². The average Bonchev–Trinajstić information content (AvgIpc) is 3.15. The van der Waals surface area contributed by atoms with Crippen LogP contribution in [0.5, 0.6) is 5.75 Å². The summed E-state index contributed by atoms with van der Waals surface area (Å²) < 4.78 is 5.77. The Labute approximate surface area is 226 Å². The second-order valence-electron chi connectivity index (χ2n) is 10.6. The largest absolute Gasteiger partial charge is 0.496 e. The predicted molar refractivity (Wildman–Crippen MR) is 148 cm³/mol. The number of benzene rings is 2. The first kappa shape index (κ1) is 27.5. The monoisotopic (exact) mass is 525 g/mol. The molecule has 0 bridgehead atoms. The van der Waals surface area contributed by atoms with Crippen molar-refractivity contribution < 1.29 is 14.3 Å². The maximum Gasteiger partial charge on any atom is 0.326 e. The number of carbonyl (C=O) groups is 2. The number of halogens is 1. The van der Waals surface area contributed by atoms with Gasteiger partial charge in [-0.1, -0.05) is 55.1 Å². The number of amides is 3. The van der Waals surface area contributed by atoms with Gasteiger partial charge in [0.15, 0.2) is 0 Å². The molecule has 1 saturated heterocycles. The van der Waals surface area contributed by atoms with Gasteiger partial charge in [0.05, 0.1) is 7.11 Å². The van der Waals surface area contributed by atoms with Crippen LogP contribution < -0.4 is 4.74 Å². The second-order valence-corrected chi connectivity index (χ2v) is 11.0. The number of aryl methyl sites for hydroxylation is 1. The molecular formula is C30H40ClN3O3. The molecule has 1 aliphatic carbocycles. The number of nitrogens with zero attached hydrogens (tertiary/aromatic N) is 3. The molecule has 1 atom stereocenters. The number of likely N-dealkylation sites (N-methyl/N-ethyl adjacent to an activating group) is 1. The van der Waals surface area contributed by atoms with Gasteiger partial charge in [0.2, 0.25) is 5.91 Å². The van der Waals surface area contributed by atoms with E-state index in [0.29, 0.717) is 13.0 Å². The third kappa shape index (κ3) is 7.05. The van der Waals surface area contributed by atoms with Crippen LogP contribution in [0.25, 0.3) is 0 Å². The normalized spacial score (nSPS) is 17.6. The number of urea groups is 1. The quantitative estimate of drug-likeness (QED) is 0.322. The van der Waals surface area contributed by atoms with E-state index in [0.717, 1.165) is 41.8 Å². The third-order valence-corrected chi connectivity index (χ3v) is 8.17. The second kappa shape index (κ2) is 12.8. The summed E-state index contributed by atoms with van der Waals surface area (Å²) in [4.78, 5) is 29.6. The van der Waals surface area contributed by atoms with Crippen LogP contribution in [0.2, 0.25) is 5.02 Å². The van der Waals surface area contributed by atoms with E-state index in [9.17, 15) is 9.59 Å². The Hall–Kier alpha value is -2.57. The lowest BCUT2D eigenvalue weighted by Crippen LogP contribution is -2.33. The molecule has 0 radical (unpaired) electrons. The SMILES string of the molecule is COc1cc(CN(CC2CCCCC2)[C@@H](C)c2ccc(Cl)cc2)ccc1CCCN1C(=O)CN(C)C1=O. The zero-order valence-electron chi connectivity index (χ0n) is 22.4. The molecule has 0 N–H and O–H groups in total. The summed E-state index contributed by atoms with van der Waals surface area (Å²) in [6.45, 7) is 4.82. The highest BCUT2D eigenvalue weighted by Gasteiger charge is 2.32. The molecule has 2 aromatic rings. The molecule has 1 saturated carbocycles. The summed E-state index contributed by atoms with van der Waals surface area (Å²) in [6, 6.07) is 14.8. The number of rotatable bonds is 11. The van der Waals surface area contributed by atoms with Gasteiger partial charge in [0.25, 0.3) is 0 Å². The van der Waals surface area contributed by atoms with Gasteiger partial charge in [-0.05, 0) is 73.4 Å². The summed E-state index contributed by atoms with van der Waals surface area (Å²) in [5, 5.41) is 0.764. The van der Waals surface area contributed by atoms with Crippen LogP contribution in [0.4, 0.5) is 4.79 Å². The summed E-state index contributed by atoms with van der Waals surface area (Å²) in [7, 11) is 3.37. The number of hydrogen-bond acceptors (Lipinski definition) is 4. The molecule has 1 aliphatic heterocycles. The van der Waals surface area contributed by atoms with Crippen LogP contribution in [0.3, 0.4) is 0 Å². The number of methoxy groups -OCH3 is 1. The highest BCUT2D eigenvalue weighted by Crippen LogP contribution is 2.31. The van der Waals surface area contributed by atoms with E-state index >= 15 is 0 Å². The third-order valence-electron chi connectivity index (χ3n) is 7.91. The van der Waals surface area contributed by atoms with Crippen LogP contribution in [0, 0.1) is 5.92 Å². The van der Waals surface area contributed by atoms with Crippen molar-refractivity contribution in [3.05, 3.63) is 64.2 Å². The van der Waals surface area contributed by atoms with Crippen molar-refractivity contribution in [1.29, 1.82) is 0 Å². The number of ether oxygens (including phenoxy) is 1. The summed E-state index contributed by atoms with van der Waals surface area (Å²) >= 11 is 6.16. The number of imide groups is 1. The van der Waals surface area contributed by atoms with Crippen molar-refractivity contribution >= 4 is 23.5 Å². The minimum Gasteiger partial charge on any atom is -0.496 e. The maximum atomic E-state index is 12.1. The molecule has 200 valence electrons. The summed E-state index contributed by atoms with van der Waals surface area (Å²) in [5.74, 6) is 1.48. The molecule has 0 unspecified atom stereocenters. The molecule has 4 rings (SSSR count). The molecular weight excluding hydrogens is 486 g/mol. The average molecular weight is 526 g/mol. The molecule has 0 aromatic heterocycles. The van der Waals surface area contributed by atoms with Crippen molar-refractivity contribution in [3.8, 4) is 5.75 Å². The van der Waals surface area contributed by atoms with Crippen molar-refractivity contribution in [2.75, 3.05) is 33.8 Å². The Bertz CT molecular complexity index is 1070. The lowest BCUT2D eigenvalue weighted by Gasteiger charge is -2.34. The van der Waals surface area contributed by atoms with E-state index < -0.39 is 0 Å². The van der Waals surface area contributed by atoms with E-state index in [1.165, 1.54) is 53.0 Å². The van der Waals surface area contributed by atoms with Crippen LogP contribution in [-0.2, 0) is 17.8 Å². The Morgan fingerprint density at radius 3 is 2.46 bits per heavy atom. The molecule has 0 spiro atoms. The molecule has 2 aromatic carbocycles. The molecule has 3 amide bonds. The molecule has 2 aliphatic rings. The maximum absolute atomic E-state index is 12.1. The minimum atomic E-state index is -0.208. The number of carbonyl (C=O) groups excluding carboxylic acids is 2. The minimum absolute atomic E-state index is 0.123. The Morgan fingerprint density at radius 2 is 1.81 bits per heavy atom. The molecule has 1 heterocycles. The van der Waals surface area contributed by atoms with Gasteiger partial charge in [-0.3, -0.25) is 14.6 Å². The summed E-state index contributed by atoms with van der Waals surface area (Å²) in [6.07, 6.45) is 8.11. The zero-order valence-corrected chi connectivity index (χ0v) is 23.2. The van der Waals surface area contributed by atoms with Gasteiger partial charge in [-0.25, -0.2) is 4.79 Å². The molecule has 7 heteroatoms. The van der Waals surface area contributed by atoms with E-state index in [1.54, 1.807) is 14.2 Å². The van der Waals surface area contributed by atoms with E-state index in [2.05, 4.69) is 42.2 Å². The molecule has 37 heavy (non-hydrogen) atoms. The smallest absolute Gasteiger partial charge is 0.326 e. The fourth-order valence-corrected chi connectivity index (χ4v) is 5.78. The summed E-state index contributed by atoms with van der Waals surface area (Å²) in [5.41, 5.74) is 3.60. The van der Waals surface area contributed by atoms with Gasteiger partial charge in [0.1, 0.15) is 12.3 Å². The van der Waals surface area contributed by atoms with Crippen LogP contribution in [0.15, 0.2) is 42.5 Å². The van der Waals surface area contributed by atoms with E-state index in [4.69, 9.17) is 16.3 Å². The Balaban J connectivity index is 1.44. The standard InChI is InChI=1S/C30H40ClN3O3/c1-22(25-13-15-27(31)16-14-25)33(19-23-8-5-4-6-9-23)20-24-11-12-26(28(18-24)37-3)10-7-17-34-29(35)21-32(2)30(34)36/h11-16,18,22-23H,4-10,17,19-21H2,1-3H3/t22-/m0/s1. The predicted octanol–water partition coefficient (Wildman–Crippen LogP) is 6.32. The highest BCUT2D eigenvalue weighted by atomic mass is 35.5. The lowest BCUT2D eigenvalue weighted by atomic mass is 9.88. The van der Waals surface area contributed by atoms with Crippen molar-refractivity contribution in [1.82, 2.24) is 14.7 Å². The Kier molecular flexibility index (Phi) is 9.49. The Morgan fingerprint density at radius 1 is 1.08 bits per heavy atom. The van der Waals surface area contributed by atoms with E-state index in [-0.39, 0.29) is 24.5 Å². The first-order valence-electron chi connectivity index (χ1n) is 13.6. The van der Waals surface area contributed by atoms with Crippen molar-refractivity contribution in [3.63, 3.8) is 0 Å². The van der Waals surface area contributed by atoms with Gasteiger partial charge >= 0.3 is 6.03 Å². The number of hydrogen-bond donors (Lipinski definition) is 0. The van der Waals surface area contributed by atoms with Crippen LogP contribution in [0.1, 0.15) is 68.2 Å². The van der Waals surface area contributed by atoms with Crippen LogP contribution >= 0.6 is 11.6 Å². The fourth-order valence-electron chi connectivity index (χ4n) is 5.66. The topological polar surface area (TPSA) is 53.1 Å².